The summed E-state index contributed by atoms with van der Waals surface area (Å²) in [6.45, 7) is 7.01. The first-order chi connectivity index (χ1) is 13.6. The Labute approximate surface area is 173 Å². The zero-order chi connectivity index (χ0) is 20.1. The number of ether oxygens (including phenoxy) is 2. The van der Waals surface area contributed by atoms with Crippen LogP contribution in [0.25, 0.3) is 5.69 Å². The summed E-state index contributed by atoms with van der Waals surface area (Å²) in [4.78, 5) is 0. The van der Waals surface area contributed by atoms with E-state index in [1.807, 2.05) is 6.07 Å². The van der Waals surface area contributed by atoms with Crippen molar-refractivity contribution in [2.45, 2.75) is 77.4 Å². The van der Waals surface area contributed by atoms with E-state index in [-0.39, 0.29) is 6.10 Å². The third-order valence-electron chi connectivity index (χ3n) is 5.60. The predicted octanol–water partition coefficient (Wildman–Crippen LogP) is 5.12. The molecule has 1 aromatic carbocycles. The molecule has 3 rings (SSSR count). The van der Waals surface area contributed by atoms with Crippen molar-refractivity contribution in [1.82, 2.24) is 14.8 Å². The maximum atomic E-state index is 6.24. The van der Waals surface area contributed by atoms with Crippen LogP contribution in [0.1, 0.15) is 69.6 Å². The van der Waals surface area contributed by atoms with E-state index in [9.17, 15) is 0 Å². The summed E-state index contributed by atoms with van der Waals surface area (Å²) in [6, 6.07) is 6.12. The molecule has 0 amide bonds. The maximum absolute atomic E-state index is 6.24. The smallest absolute Gasteiger partial charge is 0.140 e. The molecule has 1 saturated carbocycles. The highest BCUT2D eigenvalue weighted by Crippen LogP contribution is 2.36. The zero-order valence-electron chi connectivity index (χ0n) is 17.4. The van der Waals surface area contributed by atoms with Crippen molar-refractivity contribution in [3.63, 3.8) is 0 Å². The number of methoxy groups -OCH3 is 1. The molecular weight excluding hydrogens is 374 g/mol. The third kappa shape index (κ3) is 4.76. The van der Waals surface area contributed by atoms with E-state index in [0.717, 1.165) is 60.9 Å². The van der Waals surface area contributed by atoms with Gasteiger partial charge in [0.1, 0.15) is 11.6 Å². The van der Waals surface area contributed by atoms with E-state index in [4.69, 9.17) is 21.1 Å². The number of rotatable bonds is 8. The van der Waals surface area contributed by atoms with Crippen molar-refractivity contribution in [3.05, 3.63) is 40.4 Å². The van der Waals surface area contributed by atoms with Crippen molar-refractivity contribution in [2.75, 3.05) is 13.7 Å². The van der Waals surface area contributed by atoms with Crippen molar-refractivity contribution >= 4 is 11.6 Å². The molecule has 6 heteroatoms. The Morgan fingerprint density at radius 2 is 1.89 bits per heavy atom. The van der Waals surface area contributed by atoms with Gasteiger partial charge in [-0.05, 0) is 62.8 Å². The molecule has 0 bridgehead atoms. The molecule has 28 heavy (non-hydrogen) atoms. The molecule has 0 N–H and O–H groups in total. The van der Waals surface area contributed by atoms with Crippen LogP contribution in [-0.4, -0.2) is 40.7 Å². The van der Waals surface area contributed by atoms with E-state index in [2.05, 4.69) is 47.7 Å². The van der Waals surface area contributed by atoms with Gasteiger partial charge in [-0.15, -0.1) is 10.2 Å². The van der Waals surface area contributed by atoms with Crippen molar-refractivity contribution < 1.29 is 9.47 Å². The molecule has 154 valence electrons. The van der Waals surface area contributed by atoms with Gasteiger partial charge in [0.05, 0.1) is 24.5 Å². The fraction of sp³-hybridized carbons (Fsp3) is 0.636. The number of nitrogens with zero attached hydrogens (tertiary/aromatic N) is 3. The van der Waals surface area contributed by atoms with E-state index in [0.29, 0.717) is 18.6 Å². The molecule has 0 saturated heterocycles. The molecule has 0 spiro atoms. The first-order valence-electron chi connectivity index (χ1n) is 10.4. The second kappa shape index (κ2) is 9.86. The van der Waals surface area contributed by atoms with E-state index in [1.165, 1.54) is 5.56 Å². The summed E-state index contributed by atoms with van der Waals surface area (Å²) >= 11 is 6.24. The minimum absolute atomic E-state index is 0.142. The fourth-order valence-electron chi connectivity index (χ4n) is 4.20. The summed E-state index contributed by atoms with van der Waals surface area (Å²) in [5, 5.41) is 9.90. The van der Waals surface area contributed by atoms with Crippen LogP contribution in [-0.2, 0) is 22.3 Å². The highest BCUT2D eigenvalue weighted by molar-refractivity contribution is 6.30. The Hall–Kier alpha value is -1.43. The standard InChI is InChI=1S/C22H32ClN3O2/c1-5-16-13-18(23)9-12-20(16)26-21(6-2)24-25-22(26)17-7-10-19(11-8-17)28-15(3)14-27-4/h9,12-13,15,17,19H,5-8,10-11,14H2,1-4H3/t15-,17?,19?/m1/s1. The number of benzene rings is 1. The summed E-state index contributed by atoms with van der Waals surface area (Å²) in [5.74, 6) is 2.50. The minimum Gasteiger partial charge on any atom is -0.382 e. The number of hydrogen-bond donors (Lipinski definition) is 0. The van der Waals surface area contributed by atoms with Crippen LogP contribution in [0.4, 0.5) is 0 Å². The molecule has 0 radical (unpaired) electrons. The average Bonchev–Trinajstić information content (AvgIpc) is 3.12. The van der Waals surface area contributed by atoms with Gasteiger partial charge in [0, 0.05) is 24.5 Å². The van der Waals surface area contributed by atoms with Crippen molar-refractivity contribution in [2.24, 2.45) is 0 Å². The molecular formula is C22H32ClN3O2. The Balaban J connectivity index is 1.81. The number of hydrogen-bond acceptors (Lipinski definition) is 4. The van der Waals surface area contributed by atoms with Gasteiger partial charge in [0.2, 0.25) is 0 Å². The largest absolute Gasteiger partial charge is 0.382 e. The van der Waals surface area contributed by atoms with Crippen LogP contribution >= 0.6 is 11.6 Å². The quantitative estimate of drug-likeness (QED) is 0.611. The lowest BCUT2D eigenvalue weighted by Gasteiger charge is -2.30. The van der Waals surface area contributed by atoms with Crippen LogP contribution in [0.15, 0.2) is 18.2 Å². The first kappa shape index (κ1) is 21.3. The zero-order valence-corrected chi connectivity index (χ0v) is 18.2. The minimum atomic E-state index is 0.142. The Bertz CT molecular complexity index is 769. The van der Waals surface area contributed by atoms with Crippen LogP contribution < -0.4 is 0 Å². The Kier molecular flexibility index (Phi) is 7.49. The molecule has 1 fully saturated rings. The lowest BCUT2D eigenvalue weighted by Crippen LogP contribution is -2.28. The summed E-state index contributed by atoms with van der Waals surface area (Å²) in [7, 11) is 1.72. The lowest BCUT2D eigenvalue weighted by atomic mass is 9.86. The number of aryl methyl sites for hydroxylation is 2. The van der Waals surface area contributed by atoms with Gasteiger partial charge in [-0.2, -0.15) is 0 Å². The highest BCUT2D eigenvalue weighted by atomic mass is 35.5. The van der Waals surface area contributed by atoms with Gasteiger partial charge in [-0.1, -0.05) is 25.4 Å². The van der Waals surface area contributed by atoms with Crippen molar-refractivity contribution in [1.29, 1.82) is 0 Å². The normalized spacial score (nSPS) is 21.0. The molecule has 1 aromatic heterocycles. The third-order valence-corrected chi connectivity index (χ3v) is 5.84. The fourth-order valence-corrected chi connectivity index (χ4v) is 4.40. The van der Waals surface area contributed by atoms with E-state index in [1.54, 1.807) is 7.11 Å². The van der Waals surface area contributed by atoms with Gasteiger partial charge in [-0.25, -0.2) is 0 Å². The van der Waals surface area contributed by atoms with Gasteiger partial charge in [-0.3, -0.25) is 4.57 Å². The molecule has 2 aromatic rings. The highest BCUT2D eigenvalue weighted by Gasteiger charge is 2.29. The van der Waals surface area contributed by atoms with Crippen LogP contribution in [0, 0.1) is 0 Å². The van der Waals surface area contributed by atoms with Gasteiger partial charge in [0.15, 0.2) is 0 Å². The molecule has 1 aliphatic carbocycles. The molecule has 1 atom stereocenters. The van der Waals surface area contributed by atoms with E-state index >= 15 is 0 Å². The predicted molar refractivity (Wildman–Crippen MR) is 113 cm³/mol. The summed E-state index contributed by atoms with van der Waals surface area (Å²) in [5.41, 5.74) is 2.39. The second-order valence-corrected chi connectivity index (χ2v) is 8.10. The first-order valence-corrected chi connectivity index (χ1v) is 10.8. The SMILES string of the molecule is CCc1cc(Cl)ccc1-n1c(CC)nnc1C1CCC(O[C@H](C)COC)CC1. The van der Waals surface area contributed by atoms with Gasteiger partial charge < -0.3 is 9.47 Å². The molecule has 1 aliphatic rings. The van der Waals surface area contributed by atoms with Crippen molar-refractivity contribution in [3.8, 4) is 5.69 Å². The maximum Gasteiger partial charge on any atom is 0.140 e. The molecule has 0 aliphatic heterocycles. The molecule has 5 nitrogen and oxygen atoms in total. The van der Waals surface area contributed by atoms with Gasteiger partial charge >= 0.3 is 0 Å². The van der Waals surface area contributed by atoms with Crippen LogP contribution in [0.5, 0.6) is 0 Å². The van der Waals surface area contributed by atoms with Crippen LogP contribution in [0.3, 0.4) is 0 Å². The Morgan fingerprint density at radius 1 is 1.14 bits per heavy atom. The number of halogens is 1. The summed E-state index contributed by atoms with van der Waals surface area (Å²) < 4.78 is 13.6. The van der Waals surface area contributed by atoms with Gasteiger partial charge in [0.25, 0.3) is 0 Å². The molecule has 0 unspecified atom stereocenters. The summed E-state index contributed by atoms with van der Waals surface area (Å²) in [6.07, 6.45) is 6.47. The average molecular weight is 406 g/mol. The topological polar surface area (TPSA) is 49.2 Å². The molecule has 1 heterocycles. The van der Waals surface area contributed by atoms with E-state index < -0.39 is 0 Å². The van der Waals surface area contributed by atoms with Crippen LogP contribution in [0.2, 0.25) is 5.02 Å². The second-order valence-electron chi connectivity index (χ2n) is 7.67. The monoisotopic (exact) mass is 405 g/mol. The lowest BCUT2D eigenvalue weighted by molar-refractivity contribution is -0.0538. The number of aromatic nitrogens is 3. The Morgan fingerprint density at radius 3 is 2.54 bits per heavy atom.